The first-order valence-corrected chi connectivity index (χ1v) is 8.30. The highest BCUT2D eigenvalue weighted by Gasteiger charge is 2.53. The quantitative estimate of drug-likeness (QED) is 0.756. The minimum atomic E-state index is -1.41. The van der Waals surface area contributed by atoms with E-state index in [-0.39, 0.29) is 29.9 Å². The highest BCUT2D eigenvalue weighted by molar-refractivity contribution is 5.78. The summed E-state index contributed by atoms with van der Waals surface area (Å²) >= 11 is 0. The summed E-state index contributed by atoms with van der Waals surface area (Å²) in [4.78, 5) is 23.8. The molecule has 0 aromatic rings. The third-order valence-corrected chi connectivity index (χ3v) is 5.14. The third kappa shape index (κ3) is 4.23. The van der Waals surface area contributed by atoms with Crippen molar-refractivity contribution in [1.29, 1.82) is 0 Å². The first-order valence-electron chi connectivity index (χ1n) is 8.30. The van der Waals surface area contributed by atoms with Crippen LogP contribution in [0.5, 0.6) is 0 Å². The second-order valence-electron chi connectivity index (χ2n) is 6.68. The van der Waals surface area contributed by atoms with Gasteiger partial charge in [0.15, 0.2) is 0 Å². The zero-order valence-electron chi connectivity index (χ0n) is 15.3. The summed E-state index contributed by atoms with van der Waals surface area (Å²) in [6, 6.07) is -0.163. The van der Waals surface area contributed by atoms with Gasteiger partial charge in [0.1, 0.15) is 0 Å². The molecule has 1 amide bonds. The van der Waals surface area contributed by atoms with Crippen molar-refractivity contribution in [2.24, 2.45) is 17.8 Å². The van der Waals surface area contributed by atoms with Crippen LogP contribution in [-0.2, 0) is 23.8 Å². The van der Waals surface area contributed by atoms with Crippen LogP contribution in [0, 0.1) is 17.8 Å². The number of nitrogens with one attached hydrogen (secondary N) is 1. The first kappa shape index (κ1) is 19.9. The first-order chi connectivity index (χ1) is 10.7. The number of hydrogen-bond donors (Lipinski definition) is 1. The van der Waals surface area contributed by atoms with Gasteiger partial charge in [-0.05, 0) is 17.8 Å². The molecule has 0 aromatic heterocycles. The maximum Gasteiger partial charge on any atom is 0.366 e. The molecule has 6 atom stereocenters. The Morgan fingerprint density at radius 2 is 1.96 bits per heavy atom. The molecule has 1 aliphatic rings. The van der Waals surface area contributed by atoms with E-state index in [4.69, 9.17) is 14.2 Å². The van der Waals surface area contributed by atoms with Crippen LogP contribution in [0.15, 0.2) is 0 Å². The molecular weight excluding hydrogens is 298 g/mol. The lowest BCUT2D eigenvalue weighted by molar-refractivity contribution is -0.290. The van der Waals surface area contributed by atoms with Gasteiger partial charge in [-0.2, -0.15) is 0 Å². The number of carbonyl (C=O) groups excluding carboxylic acids is 2. The molecule has 0 saturated carbocycles. The van der Waals surface area contributed by atoms with E-state index in [2.05, 4.69) is 26.1 Å². The van der Waals surface area contributed by atoms with Crippen LogP contribution in [0.2, 0.25) is 0 Å². The molecule has 1 rings (SSSR count). The van der Waals surface area contributed by atoms with Crippen molar-refractivity contribution in [3.05, 3.63) is 0 Å². The van der Waals surface area contributed by atoms with Gasteiger partial charge in [0.2, 0.25) is 5.91 Å². The highest BCUT2D eigenvalue weighted by Crippen LogP contribution is 2.39. The molecule has 0 radical (unpaired) electrons. The van der Waals surface area contributed by atoms with Gasteiger partial charge in [-0.15, -0.1) is 0 Å². The van der Waals surface area contributed by atoms with Crippen molar-refractivity contribution in [3.63, 3.8) is 0 Å². The number of hydrogen-bond acceptors (Lipinski definition) is 5. The summed E-state index contributed by atoms with van der Waals surface area (Å²) in [6.45, 7) is 9.84. The minimum absolute atomic E-state index is 0.0169. The number of esters is 1. The average Bonchev–Trinajstić information content (AvgIpc) is 2.53. The van der Waals surface area contributed by atoms with E-state index in [0.29, 0.717) is 12.3 Å². The number of methoxy groups -OCH3 is 2. The van der Waals surface area contributed by atoms with Crippen LogP contribution >= 0.6 is 0 Å². The molecule has 0 aliphatic carbocycles. The summed E-state index contributed by atoms with van der Waals surface area (Å²) in [5.41, 5.74) is 0. The van der Waals surface area contributed by atoms with Gasteiger partial charge in [-0.1, -0.05) is 34.1 Å². The van der Waals surface area contributed by atoms with E-state index >= 15 is 0 Å². The number of ether oxygens (including phenoxy) is 3. The van der Waals surface area contributed by atoms with Crippen LogP contribution in [0.3, 0.4) is 0 Å². The topological polar surface area (TPSA) is 73.9 Å². The maximum absolute atomic E-state index is 12.2. The Morgan fingerprint density at radius 3 is 2.39 bits per heavy atom. The van der Waals surface area contributed by atoms with Gasteiger partial charge in [-0.3, -0.25) is 4.79 Å². The van der Waals surface area contributed by atoms with Gasteiger partial charge in [0, 0.05) is 20.5 Å². The van der Waals surface area contributed by atoms with Gasteiger partial charge < -0.3 is 19.5 Å². The summed E-state index contributed by atoms with van der Waals surface area (Å²) in [6.07, 6.45) is 1.00. The largest absolute Gasteiger partial charge is 0.465 e. The molecule has 4 unspecified atom stereocenters. The zero-order valence-corrected chi connectivity index (χ0v) is 15.3. The second kappa shape index (κ2) is 8.11. The lowest BCUT2D eigenvalue weighted by Crippen LogP contribution is -2.63. The molecule has 6 heteroatoms. The van der Waals surface area contributed by atoms with Gasteiger partial charge >= 0.3 is 5.97 Å². The molecule has 1 heterocycles. The Kier molecular flexibility index (Phi) is 7.02. The predicted octanol–water partition coefficient (Wildman–Crippen LogP) is 2.11. The fourth-order valence-electron chi connectivity index (χ4n) is 3.31. The van der Waals surface area contributed by atoms with Gasteiger partial charge in [0.25, 0.3) is 5.79 Å². The Morgan fingerprint density at radius 1 is 1.35 bits per heavy atom. The smallest absolute Gasteiger partial charge is 0.366 e. The van der Waals surface area contributed by atoms with Crippen molar-refractivity contribution < 1.29 is 23.8 Å². The van der Waals surface area contributed by atoms with Gasteiger partial charge in [0.05, 0.1) is 19.3 Å². The van der Waals surface area contributed by atoms with E-state index in [1.807, 2.05) is 6.92 Å². The fraction of sp³-hybridized carbons (Fsp3) is 0.882. The fourth-order valence-corrected chi connectivity index (χ4v) is 3.31. The van der Waals surface area contributed by atoms with Crippen molar-refractivity contribution in [2.75, 3.05) is 14.2 Å². The van der Waals surface area contributed by atoms with Gasteiger partial charge in [-0.25, -0.2) is 4.79 Å². The molecule has 1 N–H and O–H groups in total. The zero-order chi connectivity index (χ0) is 17.8. The number of amides is 1. The molecule has 6 nitrogen and oxygen atoms in total. The Labute approximate surface area is 139 Å². The van der Waals surface area contributed by atoms with Crippen LogP contribution in [-0.4, -0.2) is 44.0 Å². The van der Waals surface area contributed by atoms with Crippen LogP contribution in [0.25, 0.3) is 0 Å². The standard InChI is InChI=1S/C17H31NO5/c1-8-10(2)12(4)15-14(18-13(5)19)11(3)9-17(22-7,23-15)16(20)21-6/h10-12,14-15H,8-9H2,1-7H3,(H,18,19)/t10-,11?,12-,14?,15?,17?/m1/s1. The normalized spacial score (nSPS) is 33.6. The third-order valence-electron chi connectivity index (χ3n) is 5.14. The molecule has 134 valence electrons. The van der Waals surface area contributed by atoms with Crippen molar-refractivity contribution in [2.45, 2.75) is 65.4 Å². The van der Waals surface area contributed by atoms with E-state index in [0.717, 1.165) is 6.42 Å². The Bertz CT molecular complexity index is 427. The van der Waals surface area contributed by atoms with E-state index < -0.39 is 11.8 Å². The van der Waals surface area contributed by atoms with Crippen molar-refractivity contribution >= 4 is 11.9 Å². The van der Waals surface area contributed by atoms with Crippen LogP contribution in [0.4, 0.5) is 0 Å². The monoisotopic (exact) mass is 329 g/mol. The molecule has 1 aliphatic heterocycles. The van der Waals surface area contributed by atoms with Crippen LogP contribution in [0.1, 0.15) is 47.5 Å². The second-order valence-corrected chi connectivity index (χ2v) is 6.68. The van der Waals surface area contributed by atoms with Crippen molar-refractivity contribution in [3.8, 4) is 0 Å². The summed E-state index contributed by atoms with van der Waals surface area (Å²) in [7, 11) is 2.78. The Hall–Kier alpha value is -1.14. The van der Waals surface area contributed by atoms with E-state index in [1.54, 1.807) is 0 Å². The molecule has 1 fully saturated rings. The molecule has 23 heavy (non-hydrogen) atoms. The van der Waals surface area contributed by atoms with E-state index in [1.165, 1.54) is 21.1 Å². The molecule has 1 saturated heterocycles. The average molecular weight is 329 g/mol. The summed E-state index contributed by atoms with van der Waals surface area (Å²) in [5, 5.41) is 2.99. The lowest BCUT2D eigenvalue weighted by Gasteiger charge is -2.48. The molecule has 0 bridgehead atoms. The molecule has 0 aromatic carbocycles. The van der Waals surface area contributed by atoms with Crippen LogP contribution < -0.4 is 5.32 Å². The Balaban J connectivity index is 3.17. The maximum atomic E-state index is 12.2. The number of rotatable bonds is 6. The highest BCUT2D eigenvalue weighted by atomic mass is 16.7. The minimum Gasteiger partial charge on any atom is -0.465 e. The predicted molar refractivity (Wildman–Crippen MR) is 86.6 cm³/mol. The van der Waals surface area contributed by atoms with E-state index in [9.17, 15) is 9.59 Å². The SMILES string of the molecule is CC[C@@H](C)[C@@H](C)C1OC(OC)(C(=O)OC)CC(C)C1NC(C)=O. The molecule has 0 spiro atoms. The summed E-state index contributed by atoms with van der Waals surface area (Å²) in [5.74, 6) is -1.49. The molecular formula is C17H31NO5. The summed E-state index contributed by atoms with van der Waals surface area (Å²) < 4.78 is 16.5. The van der Waals surface area contributed by atoms with Crippen molar-refractivity contribution in [1.82, 2.24) is 5.32 Å². The number of carbonyl (C=O) groups is 2. The lowest BCUT2D eigenvalue weighted by atomic mass is 9.77.